The third-order valence-electron chi connectivity index (χ3n) is 2.74. The zero-order valence-corrected chi connectivity index (χ0v) is 11.8. The molecule has 0 saturated carbocycles. The molecule has 1 rings (SSSR count). The highest BCUT2D eigenvalue weighted by Crippen LogP contribution is 2.20. The van der Waals surface area contributed by atoms with E-state index in [0.29, 0.717) is 5.56 Å². The van der Waals surface area contributed by atoms with Gasteiger partial charge in [-0.2, -0.15) is 0 Å². The second kappa shape index (κ2) is 7.99. The predicted octanol–water partition coefficient (Wildman–Crippen LogP) is 1.46. The van der Waals surface area contributed by atoms with E-state index in [9.17, 15) is 19.8 Å². The van der Waals surface area contributed by atoms with Crippen LogP contribution in [0, 0.1) is 0 Å². The van der Waals surface area contributed by atoms with Gasteiger partial charge in [0, 0.05) is 11.4 Å². The van der Waals surface area contributed by atoms with Gasteiger partial charge < -0.3 is 14.9 Å². The number of benzene rings is 1. The minimum Gasteiger partial charge on any atom is -0.460 e. The summed E-state index contributed by atoms with van der Waals surface area (Å²) < 4.78 is 4.61. The molecule has 0 aliphatic carbocycles. The Hall–Kier alpha value is -1.43. The quantitative estimate of drug-likeness (QED) is 0.345. The third kappa shape index (κ3) is 4.30. The zero-order chi connectivity index (χ0) is 15.1. The van der Waals surface area contributed by atoms with E-state index in [1.807, 2.05) is 0 Å². The van der Waals surface area contributed by atoms with Gasteiger partial charge in [0.1, 0.15) is 6.10 Å². The summed E-state index contributed by atoms with van der Waals surface area (Å²) in [5.74, 6) is -1.42. The molecule has 0 saturated heterocycles. The lowest BCUT2D eigenvalue weighted by atomic mass is 10.0. The zero-order valence-electron chi connectivity index (χ0n) is 11.1. The summed E-state index contributed by atoms with van der Waals surface area (Å²) in [5.41, 5.74) is 0.620. The minimum atomic E-state index is -1.08. The Labute approximate surface area is 122 Å². The molecule has 6 heteroatoms. The number of hydrogen-bond acceptors (Lipinski definition) is 5. The molecular formula is C14H17ClO5. The van der Waals surface area contributed by atoms with Crippen molar-refractivity contribution in [3.8, 4) is 0 Å². The molecule has 0 fully saturated rings. The first-order chi connectivity index (χ1) is 9.51. The lowest BCUT2D eigenvalue weighted by molar-refractivity contribution is -0.137. The number of halogens is 1. The maximum Gasteiger partial charge on any atom is 0.379 e. The molecule has 1 aromatic carbocycles. The van der Waals surface area contributed by atoms with Gasteiger partial charge in [-0.3, -0.25) is 4.79 Å². The van der Waals surface area contributed by atoms with Crippen LogP contribution in [-0.2, 0) is 9.53 Å². The molecule has 0 aliphatic rings. The van der Waals surface area contributed by atoms with Crippen LogP contribution in [0.3, 0.4) is 0 Å². The predicted molar refractivity (Wildman–Crippen MR) is 73.7 cm³/mol. The van der Waals surface area contributed by atoms with Crippen molar-refractivity contribution in [1.82, 2.24) is 0 Å². The van der Waals surface area contributed by atoms with Crippen LogP contribution in [0.1, 0.15) is 35.4 Å². The average Bonchev–Trinajstić information content (AvgIpc) is 2.46. The minimum absolute atomic E-state index is 0.131. The first kappa shape index (κ1) is 16.6. The highest BCUT2D eigenvalue weighted by Gasteiger charge is 2.20. The highest BCUT2D eigenvalue weighted by atomic mass is 35.5. The number of ether oxygens (including phenoxy) is 1. The number of carbonyl (C=O) groups excluding carboxylic acids is 2. The summed E-state index contributed by atoms with van der Waals surface area (Å²) in [6.45, 7) is 1.74. The number of carbonyl (C=O) groups is 2. The van der Waals surface area contributed by atoms with Gasteiger partial charge in [-0.05, 0) is 18.9 Å². The van der Waals surface area contributed by atoms with Crippen LogP contribution >= 0.6 is 11.6 Å². The maximum absolute atomic E-state index is 11.6. The highest BCUT2D eigenvalue weighted by molar-refractivity contribution is 6.40. The smallest absolute Gasteiger partial charge is 0.379 e. The number of aliphatic hydroxyl groups is 2. The van der Waals surface area contributed by atoms with Gasteiger partial charge in [0.15, 0.2) is 0 Å². The van der Waals surface area contributed by atoms with Crippen molar-refractivity contribution in [3.05, 3.63) is 35.4 Å². The summed E-state index contributed by atoms with van der Waals surface area (Å²) in [4.78, 5) is 22.9. The molecule has 2 unspecified atom stereocenters. The van der Waals surface area contributed by atoms with Gasteiger partial charge in [-0.25, -0.2) is 4.79 Å². The number of Topliss-reactive ketones (excluding diaryl/α,β-unsaturated/α-hetero) is 1. The second-order valence-electron chi connectivity index (χ2n) is 4.16. The number of hydrogen-bond donors (Lipinski definition) is 2. The van der Waals surface area contributed by atoms with Gasteiger partial charge >= 0.3 is 5.97 Å². The van der Waals surface area contributed by atoms with Crippen molar-refractivity contribution in [1.29, 1.82) is 0 Å². The van der Waals surface area contributed by atoms with Crippen molar-refractivity contribution in [2.75, 3.05) is 12.5 Å². The third-order valence-corrected chi connectivity index (χ3v) is 2.96. The molecule has 2 atom stereocenters. The molecule has 0 heterocycles. The van der Waals surface area contributed by atoms with E-state index in [0.717, 1.165) is 0 Å². The molecule has 0 bridgehead atoms. The van der Waals surface area contributed by atoms with Crippen LogP contribution in [-0.4, -0.2) is 40.6 Å². The number of alkyl halides is 1. The van der Waals surface area contributed by atoms with E-state index in [1.165, 1.54) is 24.3 Å². The van der Waals surface area contributed by atoms with E-state index in [-0.39, 0.29) is 24.5 Å². The van der Waals surface area contributed by atoms with Gasteiger partial charge in [-0.1, -0.05) is 24.3 Å². The van der Waals surface area contributed by atoms with Crippen molar-refractivity contribution >= 4 is 23.4 Å². The Balaban J connectivity index is 2.78. The molecule has 0 spiro atoms. The van der Waals surface area contributed by atoms with E-state index in [4.69, 9.17) is 11.6 Å². The lowest BCUT2D eigenvalue weighted by Gasteiger charge is -2.17. The average molecular weight is 301 g/mol. The Morgan fingerprint density at radius 1 is 1.25 bits per heavy atom. The molecule has 110 valence electrons. The molecule has 1 aromatic rings. The molecule has 0 radical (unpaired) electrons. The van der Waals surface area contributed by atoms with Crippen LogP contribution < -0.4 is 0 Å². The van der Waals surface area contributed by atoms with Crippen molar-refractivity contribution in [2.24, 2.45) is 0 Å². The Morgan fingerprint density at radius 2 is 1.85 bits per heavy atom. The van der Waals surface area contributed by atoms with E-state index >= 15 is 0 Å². The molecular weight excluding hydrogens is 284 g/mol. The fourth-order valence-corrected chi connectivity index (χ4v) is 1.86. The fraction of sp³-hybridized carbons (Fsp3) is 0.429. The summed E-state index contributed by atoms with van der Waals surface area (Å²) in [6.07, 6.45) is -1.80. The Kier molecular flexibility index (Phi) is 6.64. The first-order valence-electron chi connectivity index (χ1n) is 6.24. The van der Waals surface area contributed by atoms with Crippen LogP contribution in [0.2, 0.25) is 0 Å². The van der Waals surface area contributed by atoms with Crippen LogP contribution in [0.5, 0.6) is 0 Å². The normalized spacial score (nSPS) is 13.6. The maximum atomic E-state index is 11.6. The van der Waals surface area contributed by atoms with Crippen molar-refractivity contribution in [3.63, 3.8) is 0 Å². The second-order valence-corrected chi connectivity index (χ2v) is 4.54. The summed E-state index contributed by atoms with van der Waals surface area (Å²) >= 11 is 5.49. The van der Waals surface area contributed by atoms with Gasteiger partial charge in [0.05, 0.1) is 12.7 Å². The van der Waals surface area contributed by atoms with Gasteiger partial charge in [0.2, 0.25) is 0 Å². The SMILES string of the molecule is CCOC(=O)C(=O)c1ccc(C(O)C(O)CCCl)cc1. The molecule has 5 nitrogen and oxygen atoms in total. The van der Waals surface area contributed by atoms with Crippen LogP contribution in [0.25, 0.3) is 0 Å². The van der Waals surface area contributed by atoms with Crippen LogP contribution in [0.4, 0.5) is 0 Å². The fourth-order valence-electron chi connectivity index (χ4n) is 1.64. The number of ketones is 1. The molecule has 0 aliphatic heterocycles. The summed E-state index contributed by atoms with van der Waals surface area (Å²) in [7, 11) is 0. The van der Waals surface area contributed by atoms with Crippen molar-refractivity contribution in [2.45, 2.75) is 25.6 Å². The Bertz CT molecular complexity index is 457. The van der Waals surface area contributed by atoms with Gasteiger partial charge in [0.25, 0.3) is 5.78 Å². The van der Waals surface area contributed by atoms with Crippen molar-refractivity contribution < 1.29 is 24.5 Å². The monoisotopic (exact) mass is 300 g/mol. The van der Waals surface area contributed by atoms with Gasteiger partial charge in [-0.15, -0.1) is 11.6 Å². The summed E-state index contributed by atoms with van der Waals surface area (Å²) in [5, 5.41) is 19.5. The standard InChI is InChI=1S/C14H17ClO5/c1-2-20-14(19)13(18)10-5-3-9(4-6-10)12(17)11(16)7-8-15/h3-6,11-12,16-17H,2,7-8H2,1H3. The number of rotatable bonds is 7. The topological polar surface area (TPSA) is 83.8 Å². The number of aliphatic hydroxyl groups excluding tert-OH is 2. The molecule has 20 heavy (non-hydrogen) atoms. The van der Waals surface area contributed by atoms with E-state index in [2.05, 4.69) is 4.74 Å². The Morgan fingerprint density at radius 3 is 2.35 bits per heavy atom. The largest absolute Gasteiger partial charge is 0.460 e. The van der Waals surface area contributed by atoms with Crippen LogP contribution in [0.15, 0.2) is 24.3 Å². The molecule has 2 N–H and O–H groups in total. The summed E-state index contributed by atoms with van der Waals surface area (Å²) in [6, 6.07) is 5.78. The lowest BCUT2D eigenvalue weighted by Crippen LogP contribution is -2.19. The van der Waals surface area contributed by atoms with E-state index < -0.39 is 24.0 Å². The molecule has 0 aromatic heterocycles. The van der Waals surface area contributed by atoms with E-state index in [1.54, 1.807) is 6.92 Å². The first-order valence-corrected chi connectivity index (χ1v) is 6.78. The number of esters is 1. The molecule has 0 amide bonds.